The van der Waals surface area contributed by atoms with Gasteiger partial charge in [-0.1, -0.05) is 0 Å². The fourth-order valence-electron chi connectivity index (χ4n) is 2.58. The molecule has 4 N–H and O–H groups in total. The predicted molar refractivity (Wildman–Crippen MR) is 75.2 cm³/mol. The zero-order chi connectivity index (χ0) is 12.8. The van der Waals surface area contributed by atoms with Crippen LogP contribution >= 0.6 is 0 Å². The van der Waals surface area contributed by atoms with E-state index in [0.29, 0.717) is 12.6 Å². The van der Waals surface area contributed by atoms with E-state index in [4.69, 9.17) is 5.73 Å². The molecule has 0 spiro atoms. The highest BCUT2D eigenvalue weighted by molar-refractivity contribution is 5.04. The molecule has 2 fully saturated rings. The van der Waals surface area contributed by atoms with Crippen molar-refractivity contribution in [1.82, 2.24) is 20.4 Å². The second-order valence-electron chi connectivity index (χ2n) is 5.32. The number of hydrogen-bond acceptors (Lipinski definition) is 5. The Morgan fingerprint density at radius 2 is 1.94 bits per heavy atom. The van der Waals surface area contributed by atoms with E-state index in [9.17, 15) is 0 Å². The number of piperazine rings is 1. The summed E-state index contributed by atoms with van der Waals surface area (Å²) in [5.41, 5.74) is 7.13. The van der Waals surface area contributed by atoms with Crippen molar-refractivity contribution in [2.75, 3.05) is 52.9 Å². The third-order valence-electron chi connectivity index (χ3n) is 3.94. The molecule has 18 heavy (non-hydrogen) atoms. The molecule has 0 unspecified atom stereocenters. The van der Waals surface area contributed by atoms with Crippen LogP contribution in [-0.4, -0.2) is 68.7 Å². The van der Waals surface area contributed by atoms with E-state index in [1.54, 1.807) is 0 Å². The fourth-order valence-corrected chi connectivity index (χ4v) is 2.58. The van der Waals surface area contributed by atoms with E-state index < -0.39 is 0 Å². The molecule has 2 saturated heterocycles. The molecule has 0 atom stereocenters. The highest BCUT2D eigenvalue weighted by atomic mass is 15.3. The Kier molecular flexibility index (Phi) is 5.28. The van der Waals surface area contributed by atoms with Gasteiger partial charge in [0.1, 0.15) is 0 Å². The normalized spacial score (nSPS) is 24.3. The summed E-state index contributed by atoms with van der Waals surface area (Å²) < 4.78 is 0. The first-order valence-corrected chi connectivity index (χ1v) is 7.09. The van der Waals surface area contributed by atoms with Crippen molar-refractivity contribution in [3.63, 3.8) is 0 Å². The quantitative estimate of drug-likeness (QED) is 0.623. The van der Waals surface area contributed by atoms with Crippen molar-refractivity contribution in [2.45, 2.75) is 18.9 Å². The van der Waals surface area contributed by atoms with Gasteiger partial charge in [0.05, 0.1) is 0 Å². The van der Waals surface area contributed by atoms with Gasteiger partial charge in [0.25, 0.3) is 0 Å². The van der Waals surface area contributed by atoms with Crippen molar-refractivity contribution in [2.24, 2.45) is 5.73 Å². The lowest BCUT2D eigenvalue weighted by Crippen LogP contribution is -2.45. The molecule has 0 aromatic carbocycles. The van der Waals surface area contributed by atoms with Gasteiger partial charge >= 0.3 is 0 Å². The minimum absolute atomic E-state index is 0.611. The topological polar surface area (TPSA) is 56.6 Å². The zero-order valence-corrected chi connectivity index (χ0v) is 11.5. The summed E-state index contributed by atoms with van der Waals surface area (Å²) in [5, 5.41) is 6.93. The Morgan fingerprint density at radius 1 is 1.28 bits per heavy atom. The van der Waals surface area contributed by atoms with E-state index in [2.05, 4.69) is 33.7 Å². The molecular weight excluding hydrogens is 226 g/mol. The second kappa shape index (κ2) is 6.97. The number of nitrogens with two attached hydrogens (primary N) is 1. The average molecular weight is 253 g/mol. The van der Waals surface area contributed by atoms with Crippen LogP contribution in [0.1, 0.15) is 12.8 Å². The largest absolute Gasteiger partial charge is 0.387 e. The van der Waals surface area contributed by atoms with E-state index in [-0.39, 0.29) is 0 Å². The van der Waals surface area contributed by atoms with Gasteiger partial charge < -0.3 is 26.2 Å². The number of nitrogens with one attached hydrogen (secondary N) is 2. The minimum atomic E-state index is 0.611. The molecule has 2 aliphatic heterocycles. The van der Waals surface area contributed by atoms with Gasteiger partial charge in [-0.05, 0) is 33.0 Å². The number of rotatable bonds is 4. The Hall–Kier alpha value is -0.780. The third kappa shape index (κ3) is 3.86. The standard InChI is InChI=1S/C13H27N5/c1-17-6-8-18(9-7-17)13(10-14)11-16-12-2-4-15-5-3-12/h11-12,15-16H,2-10,14H2,1H3/b13-11+. The number of likely N-dealkylation sites (N-methyl/N-ethyl adjacent to an activating group) is 1. The summed E-state index contributed by atoms with van der Waals surface area (Å²) in [7, 11) is 2.18. The maximum Gasteiger partial charge on any atom is 0.0431 e. The van der Waals surface area contributed by atoms with Crippen molar-refractivity contribution >= 4 is 0 Å². The van der Waals surface area contributed by atoms with E-state index in [1.165, 1.54) is 18.5 Å². The molecule has 2 rings (SSSR count). The maximum atomic E-state index is 5.88. The van der Waals surface area contributed by atoms with Crippen LogP contribution in [0.3, 0.4) is 0 Å². The van der Waals surface area contributed by atoms with Crippen LogP contribution < -0.4 is 16.4 Å². The smallest absolute Gasteiger partial charge is 0.0431 e. The molecule has 2 aliphatic rings. The summed E-state index contributed by atoms with van der Waals surface area (Å²) in [5.74, 6) is 0. The van der Waals surface area contributed by atoms with E-state index in [0.717, 1.165) is 39.3 Å². The summed E-state index contributed by atoms with van der Waals surface area (Å²) >= 11 is 0. The lowest BCUT2D eigenvalue weighted by molar-refractivity contribution is 0.184. The summed E-state index contributed by atoms with van der Waals surface area (Å²) in [6.07, 6.45) is 4.56. The Bertz CT molecular complexity index is 265. The van der Waals surface area contributed by atoms with E-state index >= 15 is 0 Å². The summed E-state index contributed by atoms with van der Waals surface area (Å²) in [6.45, 7) is 7.31. The van der Waals surface area contributed by atoms with Gasteiger partial charge in [-0.2, -0.15) is 0 Å². The lowest BCUT2D eigenvalue weighted by atomic mass is 10.1. The number of hydrogen-bond donors (Lipinski definition) is 3. The van der Waals surface area contributed by atoms with Crippen LogP contribution in [0.4, 0.5) is 0 Å². The van der Waals surface area contributed by atoms with Crippen molar-refractivity contribution in [3.8, 4) is 0 Å². The van der Waals surface area contributed by atoms with Crippen LogP contribution in [0.2, 0.25) is 0 Å². The third-order valence-corrected chi connectivity index (χ3v) is 3.94. The predicted octanol–water partition coefficient (Wildman–Crippen LogP) is -0.624. The van der Waals surface area contributed by atoms with Gasteiger partial charge in [0, 0.05) is 50.7 Å². The molecule has 0 radical (unpaired) electrons. The molecular formula is C13H27N5. The van der Waals surface area contributed by atoms with Crippen LogP contribution in [0, 0.1) is 0 Å². The van der Waals surface area contributed by atoms with Crippen LogP contribution in [0.15, 0.2) is 11.9 Å². The van der Waals surface area contributed by atoms with Crippen molar-refractivity contribution in [1.29, 1.82) is 0 Å². The highest BCUT2D eigenvalue weighted by Gasteiger charge is 2.16. The van der Waals surface area contributed by atoms with Crippen LogP contribution in [0.25, 0.3) is 0 Å². The average Bonchev–Trinajstić information content (AvgIpc) is 2.42. The van der Waals surface area contributed by atoms with E-state index in [1.807, 2.05) is 0 Å². The molecule has 0 aliphatic carbocycles. The van der Waals surface area contributed by atoms with Gasteiger partial charge in [-0.15, -0.1) is 0 Å². The van der Waals surface area contributed by atoms with Crippen LogP contribution in [-0.2, 0) is 0 Å². The lowest BCUT2D eigenvalue weighted by Gasteiger charge is -2.35. The SMILES string of the molecule is CN1CCN(/C(=C/NC2CCNCC2)CN)CC1. The first kappa shape index (κ1) is 13.6. The highest BCUT2D eigenvalue weighted by Crippen LogP contribution is 2.08. The molecule has 0 aromatic heterocycles. The summed E-state index contributed by atoms with van der Waals surface area (Å²) in [6, 6.07) is 0.611. The first-order valence-electron chi connectivity index (χ1n) is 7.09. The molecule has 0 bridgehead atoms. The fraction of sp³-hybridized carbons (Fsp3) is 0.846. The number of piperidine rings is 1. The van der Waals surface area contributed by atoms with Gasteiger partial charge in [-0.25, -0.2) is 0 Å². The molecule has 0 aromatic rings. The van der Waals surface area contributed by atoms with Crippen molar-refractivity contribution in [3.05, 3.63) is 11.9 Å². The van der Waals surface area contributed by atoms with Crippen molar-refractivity contribution < 1.29 is 0 Å². The molecule has 104 valence electrons. The maximum absolute atomic E-state index is 5.88. The van der Waals surface area contributed by atoms with Crippen LogP contribution in [0.5, 0.6) is 0 Å². The first-order chi connectivity index (χ1) is 8.79. The molecule has 0 saturated carbocycles. The minimum Gasteiger partial charge on any atom is -0.387 e. The summed E-state index contributed by atoms with van der Waals surface area (Å²) in [4.78, 5) is 4.78. The molecule has 5 nitrogen and oxygen atoms in total. The monoisotopic (exact) mass is 253 g/mol. The molecule has 0 amide bonds. The van der Waals surface area contributed by atoms with Gasteiger partial charge in [0.2, 0.25) is 0 Å². The Balaban J connectivity index is 1.82. The second-order valence-corrected chi connectivity index (χ2v) is 5.32. The van der Waals surface area contributed by atoms with Gasteiger partial charge in [0.15, 0.2) is 0 Å². The molecule has 5 heteroatoms. The Labute approximate surface area is 110 Å². The zero-order valence-electron chi connectivity index (χ0n) is 11.5. The number of nitrogens with zero attached hydrogens (tertiary/aromatic N) is 2. The van der Waals surface area contributed by atoms with Gasteiger partial charge in [-0.3, -0.25) is 0 Å². The molecule has 2 heterocycles. The Morgan fingerprint density at radius 3 is 2.56 bits per heavy atom.